The van der Waals surface area contributed by atoms with E-state index in [0.717, 1.165) is 25.7 Å². The highest BCUT2D eigenvalue weighted by atomic mass is 16.2. The molecule has 3 saturated carbocycles. The van der Waals surface area contributed by atoms with E-state index in [4.69, 9.17) is 0 Å². The summed E-state index contributed by atoms with van der Waals surface area (Å²) >= 11 is 0. The van der Waals surface area contributed by atoms with E-state index in [9.17, 15) is 9.59 Å². The highest BCUT2D eigenvalue weighted by molar-refractivity contribution is 6.41. The number of Topliss-reactive ketones (excluding diaryl/α,β-unsaturated/α-hetero) is 2. The van der Waals surface area contributed by atoms with Gasteiger partial charge >= 0.3 is 0 Å². The van der Waals surface area contributed by atoms with Crippen LogP contribution in [-0.2, 0) is 9.59 Å². The van der Waals surface area contributed by atoms with Gasteiger partial charge in [0, 0.05) is 11.8 Å². The Hall–Kier alpha value is -0.660. The molecule has 3 aliphatic rings. The number of ketones is 2. The van der Waals surface area contributed by atoms with Crippen LogP contribution in [0.3, 0.4) is 0 Å². The highest BCUT2D eigenvalue weighted by Gasteiger charge is 2.54. The van der Waals surface area contributed by atoms with E-state index < -0.39 is 0 Å². The van der Waals surface area contributed by atoms with E-state index in [2.05, 4.69) is 0 Å². The molecule has 0 aromatic carbocycles. The van der Waals surface area contributed by atoms with Gasteiger partial charge in [-0.15, -0.1) is 0 Å². The summed E-state index contributed by atoms with van der Waals surface area (Å²) in [7, 11) is 0. The smallest absolute Gasteiger partial charge is 0.202 e. The minimum Gasteiger partial charge on any atom is -0.291 e. The van der Waals surface area contributed by atoms with E-state index >= 15 is 0 Å². The molecule has 3 fully saturated rings. The van der Waals surface area contributed by atoms with Crippen molar-refractivity contribution in [2.45, 2.75) is 52.4 Å². The molecule has 2 heteroatoms. The fourth-order valence-electron chi connectivity index (χ4n) is 4.03. The van der Waals surface area contributed by atoms with Gasteiger partial charge in [-0.3, -0.25) is 9.59 Å². The van der Waals surface area contributed by atoms with Crippen LogP contribution in [0.1, 0.15) is 52.4 Å². The first-order valence-electron chi connectivity index (χ1n) is 6.87. The van der Waals surface area contributed by atoms with Crippen LogP contribution in [0, 0.1) is 23.7 Å². The fourth-order valence-corrected chi connectivity index (χ4v) is 4.03. The molecule has 0 N–H and O–H groups in total. The lowest BCUT2D eigenvalue weighted by Crippen LogP contribution is -2.33. The van der Waals surface area contributed by atoms with E-state index in [1.54, 1.807) is 0 Å². The number of carbonyl (C=O) groups excluding carboxylic acids is 2. The zero-order valence-corrected chi connectivity index (χ0v) is 10.4. The molecule has 2 nitrogen and oxygen atoms in total. The Morgan fingerprint density at radius 1 is 0.812 bits per heavy atom. The Balaban J connectivity index is 0.000000457. The van der Waals surface area contributed by atoms with Crippen molar-refractivity contribution in [2.24, 2.45) is 23.7 Å². The normalized spacial score (nSPS) is 41.1. The van der Waals surface area contributed by atoms with Crippen LogP contribution < -0.4 is 0 Å². The third-order valence-electron chi connectivity index (χ3n) is 4.57. The van der Waals surface area contributed by atoms with Gasteiger partial charge in [-0.1, -0.05) is 39.5 Å². The summed E-state index contributed by atoms with van der Waals surface area (Å²) in [6, 6.07) is 0. The van der Waals surface area contributed by atoms with Crippen LogP contribution in [0.4, 0.5) is 0 Å². The summed E-state index contributed by atoms with van der Waals surface area (Å²) in [5.41, 5.74) is 0. The fraction of sp³-hybridized carbons (Fsp3) is 0.857. The maximum absolute atomic E-state index is 11.7. The quantitative estimate of drug-likeness (QED) is 0.590. The van der Waals surface area contributed by atoms with Crippen molar-refractivity contribution >= 4 is 11.6 Å². The maximum Gasteiger partial charge on any atom is 0.202 e. The van der Waals surface area contributed by atoms with Crippen molar-refractivity contribution in [1.29, 1.82) is 0 Å². The van der Waals surface area contributed by atoms with Crippen molar-refractivity contribution in [3.05, 3.63) is 0 Å². The van der Waals surface area contributed by atoms with Crippen LogP contribution >= 0.6 is 0 Å². The standard InChI is InChI=1S/C12H16O2.C2H6/c13-11-8-5-1-3-7-4-2-6-9(10(7)8)12(11)14;1-2/h7-10H,1-6H2;1-2H3. The molecular weight excluding hydrogens is 200 g/mol. The second-order valence-corrected chi connectivity index (χ2v) is 5.14. The molecule has 3 rings (SSSR count). The van der Waals surface area contributed by atoms with E-state index in [-0.39, 0.29) is 23.4 Å². The number of hydrogen-bond acceptors (Lipinski definition) is 2. The largest absolute Gasteiger partial charge is 0.291 e. The summed E-state index contributed by atoms with van der Waals surface area (Å²) in [5, 5.41) is 0. The average molecular weight is 222 g/mol. The SMILES string of the molecule is CC.O=C1C(=O)C2CCCC3CCCC1C32. The van der Waals surface area contributed by atoms with E-state index in [1.807, 2.05) is 13.8 Å². The molecule has 2 atom stereocenters. The molecule has 0 radical (unpaired) electrons. The highest BCUT2D eigenvalue weighted by Crippen LogP contribution is 2.51. The van der Waals surface area contributed by atoms with Gasteiger partial charge in [0.15, 0.2) is 0 Å². The van der Waals surface area contributed by atoms with Crippen molar-refractivity contribution in [1.82, 2.24) is 0 Å². The average Bonchev–Trinajstić information content (AvgIpc) is 2.60. The predicted molar refractivity (Wildman–Crippen MR) is 63.0 cm³/mol. The van der Waals surface area contributed by atoms with Crippen LogP contribution in [0.2, 0.25) is 0 Å². The van der Waals surface area contributed by atoms with Gasteiger partial charge < -0.3 is 0 Å². The first-order valence-corrected chi connectivity index (χ1v) is 6.87. The second kappa shape index (κ2) is 4.68. The summed E-state index contributed by atoms with van der Waals surface area (Å²) in [5.74, 6) is 1.37. The minimum absolute atomic E-state index is 0.0217. The van der Waals surface area contributed by atoms with Gasteiger partial charge in [-0.05, 0) is 24.7 Å². The summed E-state index contributed by atoms with van der Waals surface area (Å²) in [6.45, 7) is 4.00. The summed E-state index contributed by atoms with van der Waals surface area (Å²) in [6.07, 6.45) is 6.83. The predicted octanol–water partition coefficient (Wildman–Crippen LogP) is 3.00. The van der Waals surface area contributed by atoms with Crippen molar-refractivity contribution < 1.29 is 9.59 Å². The van der Waals surface area contributed by atoms with Crippen LogP contribution in [-0.4, -0.2) is 11.6 Å². The van der Waals surface area contributed by atoms with Gasteiger partial charge in [-0.25, -0.2) is 0 Å². The zero-order valence-electron chi connectivity index (χ0n) is 10.4. The Morgan fingerprint density at radius 2 is 1.25 bits per heavy atom. The van der Waals surface area contributed by atoms with Gasteiger partial charge in [-0.2, -0.15) is 0 Å². The van der Waals surface area contributed by atoms with Gasteiger partial charge in [0.1, 0.15) is 0 Å². The van der Waals surface area contributed by atoms with E-state index in [1.165, 1.54) is 12.8 Å². The van der Waals surface area contributed by atoms with Crippen molar-refractivity contribution in [3.63, 3.8) is 0 Å². The molecule has 3 aliphatic carbocycles. The molecule has 0 saturated heterocycles. The van der Waals surface area contributed by atoms with E-state index in [0.29, 0.717) is 11.8 Å². The van der Waals surface area contributed by atoms with Crippen molar-refractivity contribution in [2.75, 3.05) is 0 Å². The lowest BCUT2D eigenvalue weighted by atomic mass is 9.65. The topological polar surface area (TPSA) is 34.1 Å². The van der Waals surface area contributed by atoms with Crippen LogP contribution in [0.5, 0.6) is 0 Å². The Labute approximate surface area is 97.8 Å². The molecule has 0 amide bonds. The summed E-state index contributed by atoms with van der Waals surface area (Å²) < 4.78 is 0. The lowest BCUT2D eigenvalue weighted by Gasteiger charge is -2.39. The molecule has 0 heterocycles. The molecule has 90 valence electrons. The molecule has 2 unspecified atom stereocenters. The first kappa shape index (κ1) is 11.8. The van der Waals surface area contributed by atoms with Gasteiger partial charge in [0.05, 0.1) is 0 Å². The van der Waals surface area contributed by atoms with Crippen LogP contribution in [0.25, 0.3) is 0 Å². The Kier molecular flexibility index (Phi) is 3.46. The van der Waals surface area contributed by atoms with Crippen LogP contribution in [0.15, 0.2) is 0 Å². The third-order valence-corrected chi connectivity index (χ3v) is 4.57. The molecule has 0 spiro atoms. The molecule has 0 aromatic rings. The number of rotatable bonds is 0. The zero-order chi connectivity index (χ0) is 11.7. The number of carbonyl (C=O) groups is 2. The molecule has 0 aliphatic heterocycles. The third kappa shape index (κ3) is 1.63. The molecule has 16 heavy (non-hydrogen) atoms. The van der Waals surface area contributed by atoms with Crippen molar-refractivity contribution in [3.8, 4) is 0 Å². The van der Waals surface area contributed by atoms with Gasteiger partial charge in [0.25, 0.3) is 0 Å². The maximum atomic E-state index is 11.7. The lowest BCUT2D eigenvalue weighted by molar-refractivity contribution is -0.137. The number of hydrogen-bond donors (Lipinski definition) is 0. The van der Waals surface area contributed by atoms with Gasteiger partial charge in [0.2, 0.25) is 11.6 Å². The monoisotopic (exact) mass is 222 g/mol. The summed E-state index contributed by atoms with van der Waals surface area (Å²) in [4.78, 5) is 23.5. The molecule has 0 bridgehead atoms. The molecule has 0 aromatic heterocycles. The second-order valence-electron chi connectivity index (χ2n) is 5.14. The minimum atomic E-state index is -0.0217. The Morgan fingerprint density at radius 3 is 1.69 bits per heavy atom. The first-order chi connectivity index (χ1) is 7.79. The Bertz CT molecular complexity index is 267. The molecular formula is C14H22O2.